The molecule has 106 valence electrons. The van der Waals surface area contributed by atoms with Crippen molar-refractivity contribution in [3.63, 3.8) is 0 Å². The first-order valence-electron chi connectivity index (χ1n) is 6.45. The number of hydrogen-bond donors (Lipinski definition) is 0. The molecule has 0 atom stereocenters. The fourth-order valence-corrected chi connectivity index (χ4v) is 2.77. The van der Waals surface area contributed by atoms with Crippen molar-refractivity contribution < 1.29 is 9.53 Å². The molecular formula is C15H18N2O2S. The summed E-state index contributed by atoms with van der Waals surface area (Å²) in [5.74, 6) is -0.293. The zero-order chi connectivity index (χ0) is 14.7. The van der Waals surface area contributed by atoms with Gasteiger partial charge in [-0.05, 0) is 38.1 Å². The SMILES string of the molecule is CCOC(=O)c1sc(-c2ccc(N(C)C)cc2)nc1C. The molecule has 20 heavy (non-hydrogen) atoms. The van der Waals surface area contributed by atoms with Crippen LogP contribution in [0.3, 0.4) is 0 Å². The minimum absolute atomic E-state index is 0.293. The van der Waals surface area contributed by atoms with E-state index in [9.17, 15) is 4.79 Å². The molecule has 0 bridgehead atoms. The summed E-state index contributed by atoms with van der Waals surface area (Å²) in [6.07, 6.45) is 0. The van der Waals surface area contributed by atoms with E-state index in [1.165, 1.54) is 11.3 Å². The molecule has 4 nitrogen and oxygen atoms in total. The normalized spacial score (nSPS) is 10.4. The monoisotopic (exact) mass is 290 g/mol. The van der Waals surface area contributed by atoms with Gasteiger partial charge < -0.3 is 9.64 Å². The van der Waals surface area contributed by atoms with Crippen molar-refractivity contribution in [2.75, 3.05) is 25.6 Å². The van der Waals surface area contributed by atoms with Crippen LogP contribution >= 0.6 is 11.3 Å². The lowest BCUT2D eigenvalue weighted by Crippen LogP contribution is -2.07. The number of ether oxygens (including phenoxy) is 1. The number of carbonyl (C=O) groups excluding carboxylic acids is 1. The van der Waals surface area contributed by atoms with E-state index in [0.29, 0.717) is 11.5 Å². The minimum atomic E-state index is -0.293. The van der Waals surface area contributed by atoms with E-state index < -0.39 is 0 Å². The Morgan fingerprint density at radius 1 is 1.30 bits per heavy atom. The third-order valence-electron chi connectivity index (χ3n) is 2.89. The number of carbonyl (C=O) groups is 1. The average molecular weight is 290 g/mol. The van der Waals surface area contributed by atoms with Gasteiger partial charge >= 0.3 is 5.97 Å². The van der Waals surface area contributed by atoms with Crippen molar-refractivity contribution in [3.8, 4) is 10.6 Å². The molecule has 0 spiro atoms. The summed E-state index contributed by atoms with van der Waals surface area (Å²) >= 11 is 1.38. The zero-order valence-electron chi connectivity index (χ0n) is 12.1. The van der Waals surface area contributed by atoms with Crippen molar-refractivity contribution in [1.82, 2.24) is 4.98 Å². The van der Waals surface area contributed by atoms with Crippen molar-refractivity contribution in [2.45, 2.75) is 13.8 Å². The van der Waals surface area contributed by atoms with Crippen molar-refractivity contribution in [1.29, 1.82) is 0 Å². The van der Waals surface area contributed by atoms with Gasteiger partial charge in [-0.3, -0.25) is 0 Å². The highest BCUT2D eigenvalue weighted by Gasteiger charge is 2.17. The van der Waals surface area contributed by atoms with Crippen LogP contribution in [0.15, 0.2) is 24.3 Å². The Morgan fingerprint density at radius 2 is 1.95 bits per heavy atom. The Kier molecular flexibility index (Phi) is 4.39. The van der Waals surface area contributed by atoms with Gasteiger partial charge in [0.1, 0.15) is 9.88 Å². The van der Waals surface area contributed by atoms with Gasteiger partial charge in [0.15, 0.2) is 0 Å². The first-order chi connectivity index (χ1) is 9.52. The quantitative estimate of drug-likeness (QED) is 0.810. The Balaban J connectivity index is 2.29. The van der Waals surface area contributed by atoms with Gasteiger partial charge in [0.05, 0.1) is 12.3 Å². The molecule has 0 aliphatic heterocycles. The highest BCUT2D eigenvalue weighted by Crippen LogP contribution is 2.29. The van der Waals surface area contributed by atoms with Gasteiger partial charge in [-0.25, -0.2) is 9.78 Å². The molecule has 0 aliphatic rings. The summed E-state index contributed by atoms with van der Waals surface area (Å²) in [7, 11) is 4.00. The molecule has 0 fully saturated rings. The Labute approximate surface area is 123 Å². The second kappa shape index (κ2) is 6.05. The number of hydrogen-bond acceptors (Lipinski definition) is 5. The first kappa shape index (κ1) is 14.5. The number of anilines is 1. The number of aromatic nitrogens is 1. The van der Waals surface area contributed by atoms with Crippen LogP contribution in [0, 0.1) is 6.92 Å². The summed E-state index contributed by atoms with van der Waals surface area (Å²) in [6, 6.07) is 8.11. The van der Waals surface area contributed by atoms with Crippen molar-refractivity contribution in [2.24, 2.45) is 0 Å². The predicted molar refractivity (Wildman–Crippen MR) is 82.6 cm³/mol. The zero-order valence-corrected chi connectivity index (χ0v) is 13.0. The van der Waals surface area contributed by atoms with Crippen LogP contribution in [-0.2, 0) is 4.74 Å². The van der Waals surface area contributed by atoms with Crippen molar-refractivity contribution in [3.05, 3.63) is 34.8 Å². The number of benzene rings is 1. The lowest BCUT2D eigenvalue weighted by Gasteiger charge is -2.11. The summed E-state index contributed by atoms with van der Waals surface area (Å²) in [4.78, 5) is 18.9. The minimum Gasteiger partial charge on any atom is -0.462 e. The number of thiazole rings is 1. The van der Waals surface area contributed by atoms with E-state index >= 15 is 0 Å². The molecule has 1 heterocycles. The maximum Gasteiger partial charge on any atom is 0.350 e. The number of nitrogens with zero attached hydrogens (tertiary/aromatic N) is 2. The largest absolute Gasteiger partial charge is 0.462 e. The van der Waals surface area contributed by atoms with Gasteiger partial charge in [0.25, 0.3) is 0 Å². The highest BCUT2D eigenvalue weighted by molar-refractivity contribution is 7.17. The molecule has 2 aromatic rings. The standard InChI is InChI=1S/C15H18N2O2S/c1-5-19-15(18)13-10(2)16-14(20-13)11-6-8-12(9-7-11)17(3)4/h6-9H,5H2,1-4H3. The molecule has 0 saturated carbocycles. The van der Waals surface area contributed by atoms with E-state index in [2.05, 4.69) is 4.98 Å². The number of aryl methyl sites for hydroxylation is 1. The Hall–Kier alpha value is -1.88. The second-order valence-corrected chi connectivity index (χ2v) is 5.59. The highest BCUT2D eigenvalue weighted by atomic mass is 32.1. The van der Waals surface area contributed by atoms with Gasteiger partial charge in [0, 0.05) is 25.3 Å². The van der Waals surface area contributed by atoms with Crippen molar-refractivity contribution >= 4 is 23.0 Å². The predicted octanol–water partition coefficient (Wildman–Crippen LogP) is 3.36. The first-order valence-corrected chi connectivity index (χ1v) is 7.27. The fraction of sp³-hybridized carbons (Fsp3) is 0.333. The summed E-state index contributed by atoms with van der Waals surface area (Å²) in [6.45, 7) is 4.01. The van der Waals surface area contributed by atoms with Crippen LogP contribution in [-0.4, -0.2) is 31.7 Å². The molecule has 0 unspecified atom stereocenters. The summed E-state index contributed by atoms with van der Waals surface area (Å²) < 4.78 is 5.03. The number of rotatable bonds is 4. The van der Waals surface area contributed by atoms with Crippen LogP contribution < -0.4 is 4.90 Å². The Bertz CT molecular complexity index is 603. The third-order valence-corrected chi connectivity index (χ3v) is 4.07. The topological polar surface area (TPSA) is 42.4 Å². The van der Waals surface area contributed by atoms with E-state index in [0.717, 1.165) is 22.0 Å². The molecule has 1 aromatic carbocycles. The van der Waals surface area contributed by atoms with Gasteiger partial charge in [-0.2, -0.15) is 0 Å². The Morgan fingerprint density at radius 3 is 2.50 bits per heavy atom. The molecule has 0 saturated heterocycles. The molecule has 0 amide bonds. The van der Waals surface area contributed by atoms with Gasteiger partial charge in [-0.1, -0.05) is 0 Å². The maximum absolute atomic E-state index is 11.8. The van der Waals surface area contributed by atoms with Crippen LogP contribution in [0.4, 0.5) is 5.69 Å². The van der Waals surface area contributed by atoms with Gasteiger partial charge in [-0.15, -0.1) is 11.3 Å². The van der Waals surface area contributed by atoms with Crippen LogP contribution in [0.25, 0.3) is 10.6 Å². The van der Waals surface area contributed by atoms with E-state index in [1.54, 1.807) is 6.92 Å². The lowest BCUT2D eigenvalue weighted by molar-refractivity contribution is 0.0531. The lowest BCUT2D eigenvalue weighted by atomic mass is 10.2. The van der Waals surface area contributed by atoms with E-state index in [1.807, 2.05) is 50.2 Å². The molecule has 0 aliphatic carbocycles. The van der Waals surface area contributed by atoms with Crippen LogP contribution in [0.1, 0.15) is 22.3 Å². The molecule has 2 rings (SSSR count). The summed E-state index contributed by atoms with van der Waals surface area (Å²) in [5, 5.41) is 0.843. The fourth-order valence-electron chi connectivity index (χ4n) is 1.81. The average Bonchev–Trinajstić information content (AvgIpc) is 2.81. The second-order valence-electron chi connectivity index (χ2n) is 4.60. The number of esters is 1. The molecular weight excluding hydrogens is 272 g/mol. The maximum atomic E-state index is 11.8. The smallest absolute Gasteiger partial charge is 0.350 e. The van der Waals surface area contributed by atoms with Gasteiger partial charge in [0.2, 0.25) is 0 Å². The van der Waals surface area contributed by atoms with E-state index in [4.69, 9.17) is 4.74 Å². The molecule has 1 aromatic heterocycles. The molecule has 5 heteroatoms. The van der Waals surface area contributed by atoms with Crippen LogP contribution in [0.2, 0.25) is 0 Å². The summed E-state index contributed by atoms with van der Waals surface area (Å²) in [5.41, 5.74) is 2.87. The third kappa shape index (κ3) is 2.99. The van der Waals surface area contributed by atoms with Crippen LogP contribution in [0.5, 0.6) is 0 Å². The van der Waals surface area contributed by atoms with E-state index in [-0.39, 0.29) is 5.97 Å². The molecule has 0 radical (unpaired) electrons. The molecule has 0 N–H and O–H groups in total.